The number of hydrogen-bond donors (Lipinski definition) is 2. The van der Waals surface area contributed by atoms with E-state index in [0.717, 1.165) is 59.4 Å². The van der Waals surface area contributed by atoms with E-state index in [9.17, 15) is 10.1 Å². The van der Waals surface area contributed by atoms with Crippen molar-refractivity contribution in [3.63, 3.8) is 0 Å². The third kappa shape index (κ3) is 4.40. The highest BCUT2D eigenvalue weighted by Crippen LogP contribution is 2.42. The van der Waals surface area contributed by atoms with Crippen molar-refractivity contribution in [3.8, 4) is 23.1 Å². The lowest BCUT2D eigenvalue weighted by Crippen LogP contribution is -3.07. The van der Waals surface area contributed by atoms with Gasteiger partial charge in [-0.1, -0.05) is 19.8 Å². The molecule has 1 fully saturated rings. The summed E-state index contributed by atoms with van der Waals surface area (Å²) >= 11 is 0. The van der Waals surface area contributed by atoms with Crippen LogP contribution in [0.2, 0.25) is 0 Å². The Morgan fingerprint density at radius 3 is 2.56 bits per heavy atom. The standard InChI is InChI=1S/C26H30N4O2/c1-3-15-28-26(31)29-19-11-9-18(10-12-19)25-23(17-27)22-14-13-21(32-4-2)16-24(22)30(25)20-7-5-6-8-20/h9-14,16,20H,3-8,15H2,1-2H3,(H2,28,29,31)/p+2. The zero-order valence-corrected chi connectivity index (χ0v) is 18.9. The number of nitrogens with zero attached hydrogens (tertiary/aromatic N) is 2. The normalized spacial score (nSPS) is 14.0. The first-order valence-corrected chi connectivity index (χ1v) is 11.7. The second-order valence-electron chi connectivity index (χ2n) is 8.42. The van der Waals surface area contributed by atoms with Crippen molar-refractivity contribution in [1.29, 1.82) is 5.26 Å². The lowest BCUT2D eigenvalue weighted by atomic mass is 10.1. The molecule has 2 amide bonds. The molecule has 1 heterocycles. The van der Waals surface area contributed by atoms with Crippen molar-refractivity contribution in [1.82, 2.24) is 4.57 Å². The summed E-state index contributed by atoms with van der Waals surface area (Å²) in [6, 6.07) is 16.9. The molecule has 3 aromatic rings. The Morgan fingerprint density at radius 1 is 1.16 bits per heavy atom. The fourth-order valence-corrected chi connectivity index (χ4v) is 4.73. The largest absolute Gasteiger partial charge is 0.512 e. The number of hydrogen-bond acceptors (Lipinski definition) is 3. The fraction of sp³-hybridized carbons (Fsp3) is 0.385. The molecule has 1 aliphatic carbocycles. The average Bonchev–Trinajstić information content (AvgIpc) is 3.44. The fourth-order valence-electron chi connectivity index (χ4n) is 4.73. The van der Waals surface area contributed by atoms with Crippen LogP contribution in [0.15, 0.2) is 42.5 Å². The van der Waals surface area contributed by atoms with Crippen LogP contribution >= 0.6 is 0 Å². The van der Waals surface area contributed by atoms with Crippen LogP contribution in [0.5, 0.6) is 5.75 Å². The third-order valence-corrected chi connectivity index (χ3v) is 6.22. The van der Waals surface area contributed by atoms with Gasteiger partial charge in [0.2, 0.25) is 0 Å². The van der Waals surface area contributed by atoms with Gasteiger partial charge >= 0.3 is 6.03 Å². The quantitative estimate of drug-likeness (QED) is 0.554. The van der Waals surface area contributed by atoms with E-state index < -0.39 is 0 Å². The summed E-state index contributed by atoms with van der Waals surface area (Å²) in [4.78, 5) is 12.1. The van der Waals surface area contributed by atoms with E-state index in [-0.39, 0.29) is 6.03 Å². The molecular weight excluding hydrogens is 400 g/mol. The number of ether oxygens (including phenoxy) is 1. The SMILES string of the molecule is CCC[NH2+]C(=O)[NH2+]c1ccc(-c2c(C#N)c3ccc(OCC)cc3n2C2CCCC2)cc1. The van der Waals surface area contributed by atoms with Gasteiger partial charge in [-0.2, -0.15) is 15.4 Å². The van der Waals surface area contributed by atoms with Crippen LogP contribution in [-0.4, -0.2) is 23.7 Å². The zero-order chi connectivity index (χ0) is 22.5. The molecule has 2 aromatic carbocycles. The van der Waals surface area contributed by atoms with Crippen molar-refractivity contribution in [3.05, 3.63) is 48.0 Å². The number of carbonyl (C=O) groups excluding carboxylic acids is 1. The Kier molecular flexibility index (Phi) is 6.89. The van der Waals surface area contributed by atoms with Gasteiger partial charge in [0.15, 0.2) is 0 Å². The van der Waals surface area contributed by atoms with E-state index >= 15 is 0 Å². The summed E-state index contributed by atoms with van der Waals surface area (Å²) in [7, 11) is 0. The Labute approximate surface area is 189 Å². The van der Waals surface area contributed by atoms with Gasteiger partial charge in [-0.25, -0.2) is 5.32 Å². The molecule has 4 rings (SSSR count). The minimum absolute atomic E-state index is 0.0424. The maximum absolute atomic E-state index is 12.1. The van der Waals surface area contributed by atoms with E-state index in [1.165, 1.54) is 12.8 Å². The van der Waals surface area contributed by atoms with Gasteiger partial charge in [0.05, 0.1) is 29.9 Å². The van der Waals surface area contributed by atoms with Crippen LogP contribution in [0, 0.1) is 11.3 Å². The van der Waals surface area contributed by atoms with E-state index in [1.807, 2.05) is 43.3 Å². The molecule has 1 saturated carbocycles. The molecule has 6 heteroatoms. The van der Waals surface area contributed by atoms with Crippen LogP contribution in [0.4, 0.5) is 10.5 Å². The molecule has 0 bridgehead atoms. The number of nitriles is 1. The average molecular weight is 433 g/mol. The highest BCUT2D eigenvalue weighted by Gasteiger charge is 2.26. The molecule has 4 N–H and O–H groups in total. The van der Waals surface area contributed by atoms with Gasteiger partial charge in [-0.15, -0.1) is 0 Å². The second-order valence-corrected chi connectivity index (χ2v) is 8.42. The van der Waals surface area contributed by atoms with E-state index in [4.69, 9.17) is 4.74 Å². The summed E-state index contributed by atoms with van der Waals surface area (Å²) in [5, 5.41) is 14.5. The number of aromatic nitrogens is 1. The third-order valence-electron chi connectivity index (χ3n) is 6.22. The highest BCUT2D eigenvalue weighted by atomic mass is 16.5. The minimum Gasteiger partial charge on any atom is -0.494 e. The minimum atomic E-state index is 0.0424. The number of quaternary nitrogens is 2. The number of primary amides is 2. The molecular formula is C26H32N4O2+2. The van der Waals surface area contributed by atoms with Crippen LogP contribution < -0.4 is 15.4 Å². The monoisotopic (exact) mass is 432 g/mol. The Balaban J connectivity index is 1.78. The Morgan fingerprint density at radius 2 is 1.91 bits per heavy atom. The first-order chi connectivity index (χ1) is 15.7. The molecule has 0 saturated heterocycles. The summed E-state index contributed by atoms with van der Waals surface area (Å²) in [5.41, 5.74) is 4.63. The van der Waals surface area contributed by atoms with Crippen molar-refractivity contribution in [2.45, 2.75) is 52.0 Å². The number of urea groups is 1. The predicted octanol–water partition coefficient (Wildman–Crippen LogP) is 3.98. The molecule has 166 valence electrons. The molecule has 32 heavy (non-hydrogen) atoms. The molecule has 1 aromatic heterocycles. The first-order valence-electron chi connectivity index (χ1n) is 11.7. The van der Waals surface area contributed by atoms with E-state index in [0.29, 0.717) is 18.2 Å². The van der Waals surface area contributed by atoms with E-state index in [1.54, 1.807) is 10.6 Å². The number of carbonyl (C=O) groups is 1. The van der Waals surface area contributed by atoms with Gasteiger partial charge < -0.3 is 9.30 Å². The second kappa shape index (κ2) is 9.99. The van der Waals surface area contributed by atoms with Crippen molar-refractivity contribution >= 4 is 22.6 Å². The van der Waals surface area contributed by atoms with Gasteiger partial charge in [-0.05, 0) is 56.0 Å². The van der Waals surface area contributed by atoms with Gasteiger partial charge in [-0.3, -0.25) is 0 Å². The lowest BCUT2D eigenvalue weighted by Gasteiger charge is -2.18. The number of benzene rings is 2. The summed E-state index contributed by atoms with van der Waals surface area (Å²) in [6.45, 7) is 5.45. The summed E-state index contributed by atoms with van der Waals surface area (Å²) < 4.78 is 8.13. The van der Waals surface area contributed by atoms with Gasteiger partial charge in [0, 0.05) is 29.6 Å². The summed E-state index contributed by atoms with van der Waals surface area (Å²) in [5.74, 6) is 0.833. The first kappa shape index (κ1) is 22.1. The van der Waals surface area contributed by atoms with Crippen molar-refractivity contribution < 1.29 is 20.2 Å². The van der Waals surface area contributed by atoms with Crippen LogP contribution in [0.3, 0.4) is 0 Å². The molecule has 6 nitrogen and oxygen atoms in total. The van der Waals surface area contributed by atoms with Crippen molar-refractivity contribution in [2.24, 2.45) is 0 Å². The molecule has 0 spiro atoms. The lowest BCUT2D eigenvalue weighted by molar-refractivity contribution is -0.666. The molecule has 0 unspecified atom stereocenters. The number of amides is 2. The van der Waals surface area contributed by atoms with Gasteiger partial charge in [0.25, 0.3) is 0 Å². The van der Waals surface area contributed by atoms with Crippen LogP contribution in [0.1, 0.15) is 57.6 Å². The Hall–Kier alpha value is -3.14. The topological polar surface area (TPSA) is 88.2 Å². The van der Waals surface area contributed by atoms with Crippen LogP contribution in [0.25, 0.3) is 22.2 Å². The number of rotatable bonds is 7. The molecule has 1 aliphatic rings. The zero-order valence-electron chi connectivity index (χ0n) is 18.9. The molecule has 0 radical (unpaired) electrons. The van der Waals surface area contributed by atoms with E-state index in [2.05, 4.69) is 23.6 Å². The van der Waals surface area contributed by atoms with Crippen LogP contribution in [-0.2, 0) is 0 Å². The van der Waals surface area contributed by atoms with Gasteiger partial charge in [0.1, 0.15) is 17.5 Å². The van der Waals surface area contributed by atoms with Crippen molar-refractivity contribution in [2.75, 3.05) is 13.2 Å². The summed E-state index contributed by atoms with van der Waals surface area (Å²) in [6.07, 6.45) is 5.62. The molecule has 0 aliphatic heterocycles. The molecule has 0 atom stereocenters. The predicted molar refractivity (Wildman–Crippen MR) is 125 cm³/mol. The Bertz CT molecular complexity index is 1140. The maximum Gasteiger partial charge on any atom is 0.512 e. The highest BCUT2D eigenvalue weighted by molar-refractivity contribution is 5.95. The number of fused-ring (bicyclic) bond motifs is 1. The maximum atomic E-state index is 12.1. The number of nitrogens with two attached hydrogens (primary N) is 2. The smallest absolute Gasteiger partial charge is 0.494 e.